The number of methoxy groups -OCH3 is 1. The van der Waals surface area contributed by atoms with Gasteiger partial charge < -0.3 is 4.74 Å². The minimum atomic E-state index is -0.146. The molecule has 0 aliphatic rings. The van der Waals surface area contributed by atoms with Crippen molar-refractivity contribution in [1.82, 2.24) is 9.55 Å². The molecule has 0 saturated carbocycles. The Morgan fingerprint density at radius 1 is 1.25 bits per heavy atom. The first-order valence-electron chi connectivity index (χ1n) is 7.23. The van der Waals surface area contributed by atoms with Gasteiger partial charge in [0.1, 0.15) is 5.75 Å². The summed E-state index contributed by atoms with van der Waals surface area (Å²) in [5.41, 5.74) is 1.15. The molecule has 6 heteroatoms. The number of hydrogen-bond acceptors (Lipinski definition) is 4. The summed E-state index contributed by atoms with van der Waals surface area (Å²) < 4.78 is 6.97. The number of ether oxygens (including phenoxy) is 1. The van der Waals surface area contributed by atoms with E-state index in [4.69, 9.17) is 16.3 Å². The van der Waals surface area contributed by atoms with Crippen molar-refractivity contribution in [2.24, 2.45) is 0 Å². The van der Waals surface area contributed by atoms with Gasteiger partial charge in [-0.25, -0.2) is 4.98 Å². The normalized spacial score (nSPS) is 10.8. The quantitative estimate of drug-likeness (QED) is 0.505. The zero-order valence-corrected chi connectivity index (χ0v) is 14.6. The van der Waals surface area contributed by atoms with E-state index >= 15 is 0 Å². The van der Waals surface area contributed by atoms with Gasteiger partial charge in [-0.2, -0.15) is 0 Å². The lowest BCUT2D eigenvalue weighted by molar-refractivity contribution is 0.411. The molecular formula is C18H15ClN2O2S. The van der Waals surface area contributed by atoms with E-state index in [9.17, 15) is 4.79 Å². The topological polar surface area (TPSA) is 44.1 Å². The lowest BCUT2D eigenvalue weighted by Crippen LogP contribution is -2.22. The van der Waals surface area contributed by atoms with Crippen molar-refractivity contribution in [2.45, 2.75) is 5.16 Å². The molecule has 0 saturated heterocycles. The van der Waals surface area contributed by atoms with Gasteiger partial charge in [-0.1, -0.05) is 54.2 Å². The number of nitrogens with zero attached hydrogens (tertiary/aromatic N) is 2. The molecule has 0 spiro atoms. The van der Waals surface area contributed by atoms with Crippen molar-refractivity contribution in [3.05, 3.63) is 70.5 Å². The Hall–Kier alpha value is -2.24. The molecule has 0 aliphatic carbocycles. The van der Waals surface area contributed by atoms with Crippen LogP contribution in [-0.4, -0.2) is 22.4 Å². The Morgan fingerprint density at radius 3 is 2.71 bits per heavy atom. The molecule has 122 valence electrons. The number of thioether (sulfide) groups is 1. The van der Waals surface area contributed by atoms with E-state index in [0.717, 1.165) is 0 Å². The number of fused-ring (bicyclic) bond motifs is 1. The van der Waals surface area contributed by atoms with Gasteiger partial charge in [0, 0.05) is 10.8 Å². The number of rotatable bonds is 5. The maximum Gasteiger partial charge on any atom is 0.266 e. The first-order chi connectivity index (χ1) is 11.6. The molecular weight excluding hydrogens is 344 g/mol. The molecule has 3 rings (SSSR count). The highest BCUT2D eigenvalue weighted by Gasteiger charge is 2.16. The molecule has 0 radical (unpaired) electrons. The highest BCUT2D eigenvalue weighted by Crippen LogP contribution is 2.28. The Kier molecular flexibility index (Phi) is 4.92. The fourth-order valence-electron chi connectivity index (χ4n) is 2.38. The zero-order valence-electron chi connectivity index (χ0n) is 13.0. The molecule has 0 aliphatic heterocycles. The summed E-state index contributed by atoms with van der Waals surface area (Å²) >= 11 is 7.25. The Balaban J connectivity index is 2.31. The molecule has 0 amide bonds. The van der Waals surface area contributed by atoms with E-state index in [1.54, 1.807) is 17.7 Å². The van der Waals surface area contributed by atoms with Crippen molar-refractivity contribution < 1.29 is 4.74 Å². The van der Waals surface area contributed by atoms with Crippen LogP contribution < -0.4 is 10.3 Å². The summed E-state index contributed by atoms with van der Waals surface area (Å²) in [6, 6.07) is 14.6. The van der Waals surface area contributed by atoms with Gasteiger partial charge in [0.2, 0.25) is 0 Å². The minimum absolute atomic E-state index is 0.146. The second kappa shape index (κ2) is 7.11. The van der Waals surface area contributed by atoms with E-state index in [2.05, 4.69) is 11.6 Å². The SMILES string of the molecule is C=C(Cl)CSc1nc2ccccc2c(=O)n1-c1ccccc1OC. The highest BCUT2D eigenvalue weighted by atomic mass is 35.5. The van der Waals surface area contributed by atoms with Gasteiger partial charge >= 0.3 is 0 Å². The van der Waals surface area contributed by atoms with Crippen LogP contribution in [0.3, 0.4) is 0 Å². The molecule has 0 atom stereocenters. The summed E-state index contributed by atoms with van der Waals surface area (Å²) in [6.07, 6.45) is 0. The second-order valence-electron chi connectivity index (χ2n) is 5.03. The Labute approximate surface area is 148 Å². The van der Waals surface area contributed by atoms with Crippen molar-refractivity contribution in [1.29, 1.82) is 0 Å². The standard InChI is InChI=1S/C18H15ClN2O2S/c1-12(19)11-24-18-20-14-8-4-3-7-13(14)17(22)21(18)15-9-5-6-10-16(15)23-2/h3-10H,1,11H2,2H3. The molecule has 1 heterocycles. The van der Waals surface area contributed by atoms with Crippen LogP contribution in [0.25, 0.3) is 16.6 Å². The van der Waals surface area contributed by atoms with Crippen LogP contribution in [0, 0.1) is 0 Å². The molecule has 0 fully saturated rings. The molecule has 3 aromatic rings. The summed E-state index contributed by atoms with van der Waals surface area (Å²) in [5, 5.41) is 1.59. The molecule has 0 N–H and O–H groups in total. The van der Waals surface area contributed by atoms with Gasteiger partial charge in [0.15, 0.2) is 5.16 Å². The van der Waals surface area contributed by atoms with Crippen molar-refractivity contribution in [3.8, 4) is 11.4 Å². The predicted octanol–water partition coefficient (Wildman–Crippen LogP) is 4.24. The fourth-order valence-corrected chi connectivity index (χ4v) is 3.30. The first kappa shape index (κ1) is 16.6. The molecule has 24 heavy (non-hydrogen) atoms. The summed E-state index contributed by atoms with van der Waals surface area (Å²) in [7, 11) is 1.58. The Morgan fingerprint density at radius 2 is 1.96 bits per heavy atom. The van der Waals surface area contributed by atoms with E-state index < -0.39 is 0 Å². The van der Waals surface area contributed by atoms with E-state index in [0.29, 0.717) is 38.3 Å². The number of aromatic nitrogens is 2. The van der Waals surface area contributed by atoms with E-state index in [1.807, 2.05) is 42.5 Å². The lowest BCUT2D eigenvalue weighted by atomic mass is 10.2. The molecule has 1 aromatic heterocycles. The van der Waals surface area contributed by atoms with Crippen LogP contribution in [0.2, 0.25) is 0 Å². The monoisotopic (exact) mass is 358 g/mol. The third-order valence-electron chi connectivity index (χ3n) is 3.43. The fraction of sp³-hybridized carbons (Fsp3) is 0.111. The summed E-state index contributed by atoms with van der Waals surface area (Å²) in [5.74, 6) is 1.06. The van der Waals surface area contributed by atoms with Gasteiger partial charge in [0.05, 0.1) is 23.7 Å². The molecule has 0 bridgehead atoms. The smallest absolute Gasteiger partial charge is 0.266 e. The minimum Gasteiger partial charge on any atom is -0.495 e. The summed E-state index contributed by atoms with van der Waals surface area (Å²) in [6.45, 7) is 3.70. The second-order valence-corrected chi connectivity index (χ2v) is 6.51. The van der Waals surface area contributed by atoms with Crippen LogP contribution in [0.5, 0.6) is 5.75 Å². The van der Waals surface area contributed by atoms with Gasteiger partial charge in [-0.05, 0) is 24.3 Å². The maximum atomic E-state index is 13.1. The van der Waals surface area contributed by atoms with Crippen molar-refractivity contribution in [3.63, 3.8) is 0 Å². The van der Waals surface area contributed by atoms with Crippen molar-refractivity contribution in [2.75, 3.05) is 12.9 Å². The molecule has 4 nitrogen and oxygen atoms in total. The predicted molar refractivity (Wildman–Crippen MR) is 99.6 cm³/mol. The highest BCUT2D eigenvalue weighted by molar-refractivity contribution is 7.99. The molecule has 0 unspecified atom stereocenters. The zero-order chi connectivity index (χ0) is 17.1. The number of hydrogen-bond donors (Lipinski definition) is 0. The van der Waals surface area contributed by atoms with Crippen LogP contribution in [-0.2, 0) is 0 Å². The molecule has 2 aromatic carbocycles. The average Bonchev–Trinajstić information content (AvgIpc) is 2.60. The van der Waals surface area contributed by atoms with Crippen molar-refractivity contribution >= 4 is 34.3 Å². The first-order valence-corrected chi connectivity index (χ1v) is 8.59. The number of halogens is 1. The van der Waals surface area contributed by atoms with Crippen LogP contribution in [0.4, 0.5) is 0 Å². The number of benzene rings is 2. The third-order valence-corrected chi connectivity index (χ3v) is 4.75. The third kappa shape index (κ3) is 3.18. The lowest BCUT2D eigenvalue weighted by Gasteiger charge is -2.15. The van der Waals surface area contributed by atoms with Gasteiger partial charge in [-0.15, -0.1) is 0 Å². The Bertz CT molecular complexity index is 969. The average molecular weight is 359 g/mol. The van der Waals surface area contributed by atoms with Crippen LogP contribution in [0.15, 0.2) is 70.1 Å². The van der Waals surface area contributed by atoms with E-state index in [1.165, 1.54) is 11.8 Å². The van der Waals surface area contributed by atoms with E-state index in [-0.39, 0.29) is 5.56 Å². The largest absolute Gasteiger partial charge is 0.495 e. The van der Waals surface area contributed by atoms with Crippen LogP contribution in [0.1, 0.15) is 0 Å². The number of para-hydroxylation sites is 3. The summed E-state index contributed by atoms with van der Waals surface area (Å²) in [4.78, 5) is 17.7. The van der Waals surface area contributed by atoms with Crippen LogP contribution >= 0.6 is 23.4 Å². The van der Waals surface area contributed by atoms with Gasteiger partial charge in [-0.3, -0.25) is 9.36 Å². The maximum absolute atomic E-state index is 13.1. The van der Waals surface area contributed by atoms with Gasteiger partial charge in [0.25, 0.3) is 5.56 Å².